The molecular weight excluding hydrogens is 805 g/mol. The second-order valence-corrected chi connectivity index (χ2v) is 19.2. The average molecular weight is 847 g/mol. The van der Waals surface area contributed by atoms with E-state index in [9.17, 15) is 0 Å². The SMILES string of the molecule is CC1(C)c2ccccc2-c2ccc(-c3nc(-c4ccc(-c5ccc6sc7ccccc7c6c5)cc4)cc(-c4ccc5c(c4)C(c4ccccc4)(c4ccccc4)c4ccccc4-5)n3)cc21. The second-order valence-electron chi connectivity index (χ2n) is 18.1. The normalized spacial score (nSPS) is 13.9. The lowest BCUT2D eigenvalue weighted by Crippen LogP contribution is -2.28. The van der Waals surface area contributed by atoms with E-state index in [4.69, 9.17) is 9.97 Å². The van der Waals surface area contributed by atoms with Crippen molar-refractivity contribution in [3.05, 3.63) is 252 Å². The van der Waals surface area contributed by atoms with Crippen LogP contribution in [0, 0.1) is 0 Å². The summed E-state index contributed by atoms with van der Waals surface area (Å²) in [6.07, 6.45) is 0. The molecule has 0 N–H and O–H groups in total. The molecule has 2 aromatic heterocycles. The van der Waals surface area contributed by atoms with Gasteiger partial charge in [-0.25, -0.2) is 9.97 Å². The third-order valence-electron chi connectivity index (χ3n) is 14.2. The summed E-state index contributed by atoms with van der Waals surface area (Å²) in [5, 5.41) is 2.62. The fourth-order valence-electron chi connectivity index (χ4n) is 11.1. The molecular formula is C62H42N2S. The fourth-order valence-corrected chi connectivity index (χ4v) is 12.1. The predicted octanol–water partition coefficient (Wildman–Crippen LogP) is 16.2. The van der Waals surface area contributed by atoms with Crippen molar-refractivity contribution in [2.75, 3.05) is 0 Å². The highest BCUT2D eigenvalue weighted by Gasteiger charge is 2.46. The summed E-state index contributed by atoms with van der Waals surface area (Å²) < 4.78 is 2.63. The third kappa shape index (κ3) is 5.72. The zero-order valence-corrected chi connectivity index (χ0v) is 36.9. The lowest BCUT2D eigenvalue weighted by atomic mass is 9.67. The molecule has 0 aliphatic heterocycles. The van der Waals surface area contributed by atoms with Crippen LogP contribution in [0.5, 0.6) is 0 Å². The molecule has 0 spiro atoms. The summed E-state index contributed by atoms with van der Waals surface area (Å²) in [7, 11) is 0. The van der Waals surface area contributed by atoms with E-state index in [1.807, 2.05) is 11.3 Å². The zero-order chi connectivity index (χ0) is 43.3. The first kappa shape index (κ1) is 37.8. The van der Waals surface area contributed by atoms with Crippen molar-refractivity contribution < 1.29 is 0 Å². The molecule has 65 heavy (non-hydrogen) atoms. The largest absolute Gasteiger partial charge is 0.228 e. The molecule has 3 heteroatoms. The Morgan fingerprint density at radius 1 is 0.338 bits per heavy atom. The van der Waals surface area contributed by atoms with Crippen molar-refractivity contribution in [1.82, 2.24) is 9.97 Å². The quantitative estimate of drug-likeness (QED) is 0.167. The molecule has 9 aromatic carbocycles. The Bertz CT molecular complexity index is 3640. The number of hydrogen-bond acceptors (Lipinski definition) is 3. The van der Waals surface area contributed by atoms with Crippen LogP contribution < -0.4 is 0 Å². The van der Waals surface area contributed by atoms with Gasteiger partial charge >= 0.3 is 0 Å². The lowest BCUT2D eigenvalue weighted by Gasteiger charge is -2.34. The van der Waals surface area contributed by atoms with Gasteiger partial charge in [0.1, 0.15) is 0 Å². The van der Waals surface area contributed by atoms with Gasteiger partial charge in [0.05, 0.1) is 16.8 Å². The molecule has 0 fully saturated rings. The number of hydrogen-bond donors (Lipinski definition) is 0. The lowest BCUT2D eigenvalue weighted by molar-refractivity contribution is 0.660. The molecule has 306 valence electrons. The number of rotatable bonds is 6. The summed E-state index contributed by atoms with van der Waals surface area (Å²) in [6.45, 7) is 4.66. The number of nitrogens with zero attached hydrogens (tertiary/aromatic N) is 2. The summed E-state index contributed by atoms with van der Waals surface area (Å²) in [4.78, 5) is 10.9. The maximum absolute atomic E-state index is 5.49. The van der Waals surface area contributed by atoms with Crippen molar-refractivity contribution in [2.45, 2.75) is 24.7 Å². The Hall–Kier alpha value is -7.72. The highest BCUT2D eigenvalue weighted by atomic mass is 32.1. The van der Waals surface area contributed by atoms with Crippen molar-refractivity contribution in [3.63, 3.8) is 0 Å². The number of aromatic nitrogens is 2. The third-order valence-corrected chi connectivity index (χ3v) is 15.4. The maximum atomic E-state index is 5.49. The molecule has 0 bridgehead atoms. The van der Waals surface area contributed by atoms with Crippen LogP contribution in [-0.2, 0) is 10.8 Å². The highest BCUT2D eigenvalue weighted by Crippen LogP contribution is 2.57. The number of thiophene rings is 1. The van der Waals surface area contributed by atoms with Gasteiger partial charge in [-0.2, -0.15) is 0 Å². The van der Waals surface area contributed by atoms with Crippen LogP contribution in [0.3, 0.4) is 0 Å². The maximum Gasteiger partial charge on any atom is 0.160 e. The van der Waals surface area contributed by atoms with Gasteiger partial charge in [0.25, 0.3) is 0 Å². The summed E-state index contributed by atoms with van der Waals surface area (Å²) in [5.74, 6) is 0.715. The Kier molecular flexibility index (Phi) is 8.38. The molecule has 0 amide bonds. The number of benzene rings is 9. The molecule has 2 aliphatic carbocycles. The van der Waals surface area contributed by atoms with Gasteiger partial charge in [0, 0.05) is 42.3 Å². The van der Waals surface area contributed by atoms with Gasteiger partial charge in [-0.1, -0.05) is 196 Å². The monoisotopic (exact) mass is 846 g/mol. The molecule has 0 saturated carbocycles. The van der Waals surface area contributed by atoms with E-state index in [0.29, 0.717) is 5.82 Å². The molecule has 0 unspecified atom stereocenters. The summed E-state index contributed by atoms with van der Waals surface area (Å²) in [6, 6.07) is 80.2. The van der Waals surface area contributed by atoms with Crippen LogP contribution in [0.2, 0.25) is 0 Å². The molecule has 13 rings (SSSR count). The van der Waals surface area contributed by atoms with E-state index in [1.165, 1.54) is 86.9 Å². The topological polar surface area (TPSA) is 25.8 Å². The molecule has 2 heterocycles. The van der Waals surface area contributed by atoms with E-state index in [1.54, 1.807) is 0 Å². The second kappa shape index (κ2) is 14.4. The molecule has 11 aromatic rings. The Labute approximate surface area is 383 Å². The van der Waals surface area contributed by atoms with Crippen LogP contribution in [0.15, 0.2) is 218 Å². The smallest absolute Gasteiger partial charge is 0.160 e. The summed E-state index contributed by atoms with van der Waals surface area (Å²) >= 11 is 1.85. The molecule has 2 aliphatic rings. The van der Waals surface area contributed by atoms with Gasteiger partial charge in [-0.15, -0.1) is 11.3 Å². The van der Waals surface area contributed by atoms with Crippen molar-refractivity contribution in [1.29, 1.82) is 0 Å². The Morgan fingerprint density at radius 2 is 0.846 bits per heavy atom. The highest BCUT2D eigenvalue weighted by molar-refractivity contribution is 7.25. The molecule has 0 saturated heterocycles. The zero-order valence-electron chi connectivity index (χ0n) is 36.1. The van der Waals surface area contributed by atoms with E-state index < -0.39 is 5.41 Å². The minimum Gasteiger partial charge on any atom is -0.228 e. The van der Waals surface area contributed by atoms with Crippen LogP contribution in [0.4, 0.5) is 0 Å². The van der Waals surface area contributed by atoms with Crippen LogP contribution in [0.25, 0.3) is 87.5 Å². The van der Waals surface area contributed by atoms with Gasteiger partial charge in [-0.3, -0.25) is 0 Å². The average Bonchev–Trinajstić information content (AvgIpc) is 3.97. The van der Waals surface area contributed by atoms with Crippen LogP contribution in [0.1, 0.15) is 47.2 Å². The van der Waals surface area contributed by atoms with Crippen molar-refractivity contribution >= 4 is 31.5 Å². The first-order valence-electron chi connectivity index (χ1n) is 22.5. The summed E-state index contributed by atoms with van der Waals surface area (Å²) in [5.41, 5.74) is 19.4. The standard InChI is InChI=1S/C62H42N2S/c1-61(2)52-22-12-9-19-46(52)48-33-30-43(37-54(48)61)60-63-56(40-27-25-39(26-28-40)41-31-34-59-51(35-41)50-21-11-14-24-58(50)65-59)38-57(64-60)42-29-32-49-47-20-10-13-23-53(47)62(55(49)36-42,44-15-5-3-6-16-44)45-17-7-4-8-18-45/h3-38H,1-2H3. The number of fused-ring (bicyclic) bond motifs is 9. The van der Waals surface area contributed by atoms with Gasteiger partial charge in [-0.05, 0) is 103 Å². The first-order chi connectivity index (χ1) is 31.9. The van der Waals surface area contributed by atoms with Gasteiger partial charge < -0.3 is 0 Å². The van der Waals surface area contributed by atoms with Crippen LogP contribution in [-0.4, -0.2) is 9.97 Å². The Balaban J connectivity index is 0.987. The molecule has 2 nitrogen and oxygen atoms in total. The van der Waals surface area contributed by atoms with E-state index >= 15 is 0 Å². The predicted molar refractivity (Wildman–Crippen MR) is 272 cm³/mol. The van der Waals surface area contributed by atoms with E-state index in [2.05, 4.69) is 232 Å². The first-order valence-corrected chi connectivity index (χ1v) is 23.3. The molecule has 0 atom stereocenters. The van der Waals surface area contributed by atoms with Crippen LogP contribution >= 0.6 is 11.3 Å². The fraction of sp³-hybridized carbons (Fsp3) is 0.0645. The molecule has 0 radical (unpaired) electrons. The van der Waals surface area contributed by atoms with E-state index in [0.717, 1.165) is 28.1 Å². The minimum absolute atomic E-state index is 0.149. The minimum atomic E-state index is -0.516. The van der Waals surface area contributed by atoms with Crippen molar-refractivity contribution in [2.24, 2.45) is 0 Å². The van der Waals surface area contributed by atoms with Gasteiger partial charge in [0.15, 0.2) is 5.82 Å². The van der Waals surface area contributed by atoms with E-state index in [-0.39, 0.29) is 5.41 Å². The Morgan fingerprint density at radius 3 is 1.58 bits per heavy atom. The van der Waals surface area contributed by atoms with Gasteiger partial charge in [0.2, 0.25) is 0 Å². The van der Waals surface area contributed by atoms with Crippen molar-refractivity contribution in [3.8, 4) is 67.3 Å².